The summed E-state index contributed by atoms with van der Waals surface area (Å²) in [5.41, 5.74) is 6.86. The number of hydrogen-bond donors (Lipinski definition) is 1. The third kappa shape index (κ3) is 1.99. The molecular formula is C15H20FN. The molecule has 2 fully saturated rings. The molecule has 2 unspecified atom stereocenters. The molecule has 92 valence electrons. The molecule has 2 heteroatoms. The minimum absolute atomic E-state index is 0.0336. The van der Waals surface area contributed by atoms with Crippen LogP contribution in [0.2, 0.25) is 0 Å². The fraction of sp³-hybridized carbons (Fsp3) is 0.600. The van der Waals surface area contributed by atoms with Crippen LogP contribution in [0.15, 0.2) is 24.3 Å². The van der Waals surface area contributed by atoms with Gasteiger partial charge in [-0.15, -0.1) is 0 Å². The molecule has 0 bridgehead atoms. The lowest BCUT2D eigenvalue weighted by Crippen LogP contribution is -2.21. The van der Waals surface area contributed by atoms with Crippen LogP contribution < -0.4 is 5.73 Å². The number of hydrogen-bond acceptors (Lipinski definition) is 1. The molecule has 1 aromatic carbocycles. The average molecular weight is 233 g/mol. The first-order valence-corrected chi connectivity index (χ1v) is 6.72. The first kappa shape index (κ1) is 11.2. The molecular weight excluding hydrogens is 213 g/mol. The highest BCUT2D eigenvalue weighted by Crippen LogP contribution is 2.43. The molecule has 0 spiro atoms. The summed E-state index contributed by atoms with van der Waals surface area (Å²) in [4.78, 5) is 0. The lowest BCUT2D eigenvalue weighted by molar-refractivity contribution is 0.172. The summed E-state index contributed by atoms with van der Waals surface area (Å²) >= 11 is 0. The number of halogens is 1. The van der Waals surface area contributed by atoms with Gasteiger partial charge in [0.05, 0.1) is 0 Å². The number of rotatable bonds is 2. The Morgan fingerprint density at radius 1 is 1.12 bits per heavy atom. The van der Waals surface area contributed by atoms with Crippen molar-refractivity contribution in [3.63, 3.8) is 0 Å². The van der Waals surface area contributed by atoms with Crippen LogP contribution in [0.3, 0.4) is 0 Å². The lowest BCUT2D eigenvalue weighted by atomic mass is 9.79. The molecule has 0 aliphatic heterocycles. The minimum Gasteiger partial charge on any atom is -0.328 e. The molecule has 0 amide bonds. The Bertz CT molecular complexity index is 396. The largest absolute Gasteiger partial charge is 0.328 e. The van der Waals surface area contributed by atoms with Gasteiger partial charge in [0.1, 0.15) is 5.67 Å². The van der Waals surface area contributed by atoms with E-state index in [9.17, 15) is 4.39 Å². The predicted molar refractivity (Wildman–Crippen MR) is 67.6 cm³/mol. The Labute approximate surface area is 102 Å². The van der Waals surface area contributed by atoms with Crippen molar-refractivity contribution in [1.82, 2.24) is 0 Å². The van der Waals surface area contributed by atoms with Crippen molar-refractivity contribution in [3.8, 4) is 0 Å². The minimum atomic E-state index is -1.17. The molecule has 2 N–H and O–H groups in total. The van der Waals surface area contributed by atoms with E-state index in [4.69, 9.17) is 5.73 Å². The van der Waals surface area contributed by atoms with Gasteiger partial charge in [-0.05, 0) is 42.7 Å². The topological polar surface area (TPSA) is 26.0 Å². The maximum atomic E-state index is 14.6. The van der Waals surface area contributed by atoms with E-state index in [1.165, 1.54) is 24.8 Å². The van der Waals surface area contributed by atoms with Crippen molar-refractivity contribution >= 4 is 0 Å². The summed E-state index contributed by atoms with van der Waals surface area (Å²) in [7, 11) is 0. The first-order valence-electron chi connectivity index (χ1n) is 6.72. The van der Waals surface area contributed by atoms with E-state index in [0.717, 1.165) is 17.9 Å². The van der Waals surface area contributed by atoms with Gasteiger partial charge in [0, 0.05) is 12.5 Å². The molecule has 2 atom stereocenters. The number of benzene rings is 1. The van der Waals surface area contributed by atoms with Crippen molar-refractivity contribution in [2.45, 2.75) is 56.2 Å². The summed E-state index contributed by atoms with van der Waals surface area (Å²) in [5.74, 6) is 0.727. The highest BCUT2D eigenvalue weighted by Gasteiger charge is 2.39. The molecule has 17 heavy (non-hydrogen) atoms. The van der Waals surface area contributed by atoms with Gasteiger partial charge in [-0.3, -0.25) is 0 Å². The second-order valence-corrected chi connectivity index (χ2v) is 5.72. The summed E-state index contributed by atoms with van der Waals surface area (Å²) in [6.07, 6.45) is 5.80. The van der Waals surface area contributed by atoms with Crippen LogP contribution in [-0.4, -0.2) is 6.04 Å². The van der Waals surface area contributed by atoms with Crippen LogP contribution in [0.5, 0.6) is 0 Å². The van der Waals surface area contributed by atoms with E-state index in [2.05, 4.69) is 12.1 Å². The molecule has 0 heterocycles. The Kier molecular flexibility index (Phi) is 2.70. The number of alkyl halides is 1. The Morgan fingerprint density at radius 3 is 2.29 bits per heavy atom. The molecule has 2 saturated carbocycles. The van der Waals surface area contributed by atoms with Crippen molar-refractivity contribution in [3.05, 3.63) is 35.4 Å². The van der Waals surface area contributed by atoms with Crippen molar-refractivity contribution in [1.29, 1.82) is 0 Å². The van der Waals surface area contributed by atoms with Crippen LogP contribution in [0.1, 0.15) is 55.6 Å². The summed E-state index contributed by atoms with van der Waals surface area (Å²) in [6.45, 7) is 0. The fourth-order valence-corrected chi connectivity index (χ4v) is 3.09. The normalized spacial score (nSPS) is 33.6. The zero-order chi connectivity index (χ0) is 11.9. The van der Waals surface area contributed by atoms with Crippen molar-refractivity contribution in [2.75, 3.05) is 0 Å². The maximum Gasteiger partial charge on any atom is 0.137 e. The lowest BCUT2D eigenvalue weighted by Gasteiger charge is -2.27. The Balaban J connectivity index is 1.79. The van der Waals surface area contributed by atoms with Gasteiger partial charge in [0.2, 0.25) is 0 Å². The molecule has 1 aromatic rings. The molecule has 2 aliphatic carbocycles. The van der Waals surface area contributed by atoms with Gasteiger partial charge in [-0.25, -0.2) is 4.39 Å². The third-order valence-corrected chi connectivity index (χ3v) is 4.50. The van der Waals surface area contributed by atoms with Crippen LogP contribution in [0.25, 0.3) is 0 Å². The van der Waals surface area contributed by atoms with E-state index >= 15 is 0 Å². The molecule has 1 nitrogen and oxygen atoms in total. The highest BCUT2D eigenvalue weighted by molar-refractivity contribution is 5.31. The highest BCUT2D eigenvalue weighted by atomic mass is 19.1. The van der Waals surface area contributed by atoms with E-state index < -0.39 is 5.67 Å². The second kappa shape index (κ2) is 4.09. The van der Waals surface area contributed by atoms with Crippen LogP contribution >= 0.6 is 0 Å². The SMILES string of the molecule is NC1CCC(F)(c2ccc(C3CCC3)cc2)C1. The maximum absolute atomic E-state index is 14.6. The molecule has 0 aromatic heterocycles. The van der Waals surface area contributed by atoms with E-state index in [-0.39, 0.29) is 6.04 Å². The summed E-state index contributed by atoms with van der Waals surface area (Å²) < 4.78 is 14.6. The quantitative estimate of drug-likeness (QED) is 0.829. The number of nitrogens with two attached hydrogens (primary N) is 1. The molecule has 0 saturated heterocycles. The Hall–Kier alpha value is -0.890. The van der Waals surface area contributed by atoms with E-state index in [1.54, 1.807) is 0 Å². The molecule has 3 rings (SSSR count). The van der Waals surface area contributed by atoms with Crippen LogP contribution in [-0.2, 0) is 5.67 Å². The fourth-order valence-electron chi connectivity index (χ4n) is 3.09. The Morgan fingerprint density at radius 2 is 1.82 bits per heavy atom. The van der Waals surface area contributed by atoms with Gasteiger partial charge >= 0.3 is 0 Å². The molecule has 2 aliphatic rings. The zero-order valence-corrected chi connectivity index (χ0v) is 10.2. The van der Waals surface area contributed by atoms with Crippen LogP contribution in [0.4, 0.5) is 4.39 Å². The zero-order valence-electron chi connectivity index (χ0n) is 10.2. The average Bonchev–Trinajstić information content (AvgIpc) is 2.58. The van der Waals surface area contributed by atoms with E-state index in [1.807, 2.05) is 12.1 Å². The standard InChI is InChI=1S/C15H20FN/c16-15(9-8-14(17)10-15)13-6-4-12(5-7-13)11-2-1-3-11/h4-7,11,14H,1-3,8-10,17H2. The van der Waals surface area contributed by atoms with Gasteiger partial charge < -0.3 is 5.73 Å². The van der Waals surface area contributed by atoms with Crippen LogP contribution in [0, 0.1) is 0 Å². The smallest absolute Gasteiger partial charge is 0.137 e. The second-order valence-electron chi connectivity index (χ2n) is 5.72. The van der Waals surface area contributed by atoms with Gasteiger partial charge in [-0.2, -0.15) is 0 Å². The predicted octanol–water partition coefficient (Wildman–Crippen LogP) is 3.63. The monoisotopic (exact) mass is 233 g/mol. The molecule has 0 radical (unpaired) electrons. The van der Waals surface area contributed by atoms with Crippen molar-refractivity contribution < 1.29 is 4.39 Å². The van der Waals surface area contributed by atoms with Gasteiger partial charge in [0.15, 0.2) is 0 Å². The van der Waals surface area contributed by atoms with Crippen molar-refractivity contribution in [2.24, 2.45) is 5.73 Å². The van der Waals surface area contributed by atoms with Gasteiger partial charge in [-0.1, -0.05) is 30.7 Å². The third-order valence-electron chi connectivity index (χ3n) is 4.50. The summed E-state index contributed by atoms with van der Waals surface area (Å²) in [5, 5.41) is 0. The first-order chi connectivity index (χ1) is 8.17. The van der Waals surface area contributed by atoms with Gasteiger partial charge in [0.25, 0.3) is 0 Å². The summed E-state index contributed by atoms with van der Waals surface area (Å²) in [6, 6.07) is 8.22. The van der Waals surface area contributed by atoms with E-state index in [0.29, 0.717) is 12.8 Å².